The molecule has 0 aliphatic heterocycles. The first-order chi connectivity index (χ1) is 8.45. The molecule has 1 aromatic carbocycles. The van der Waals surface area contributed by atoms with Crippen molar-refractivity contribution in [2.45, 2.75) is 12.7 Å². The van der Waals surface area contributed by atoms with E-state index >= 15 is 0 Å². The number of anilines is 2. The summed E-state index contributed by atoms with van der Waals surface area (Å²) in [6.45, 7) is 0.131. The van der Waals surface area contributed by atoms with Gasteiger partial charge in [0.15, 0.2) is 0 Å². The van der Waals surface area contributed by atoms with E-state index in [1.807, 2.05) is 0 Å². The molecule has 0 aliphatic carbocycles. The lowest BCUT2D eigenvalue weighted by molar-refractivity contribution is -0.137. The third kappa shape index (κ3) is 2.90. The van der Waals surface area contributed by atoms with Crippen LogP contribution in [-0.2, 0) is 12.7 Å². The normalized spacial score (nSPS) is 11.5. The Morgan fingerprint density at radius 1 is 1.28 bits per heavy atom. The van der Waals surface area contributed by atoms with Crippen LogP contribution in [-0.4, -0.2) is 10.2 Å². The number of hydrogen-bond acceptors (Lipinski definition) is 5. The third-order valence-electron chi connectivity index (χ3n) is 2.14. The van der Waals surface area contributed by atoms with Crippen LogP contribution < -0.4 is 11.1 Å². The fourth-order valence-electron chi connectivity index (χ4n) is 1.34. The molecule has 0 saturated carbocycles. The first-order valence-corrected chi connectivity index (χ1v) is 4.94. The van der Waals surface area contributed by atoms with E-state index in [1.54, 1.807) is 6.07 Å². The average molecular weight is 258 g/mol. The summed E-state index contributed by atoms with van der Waals surface area (Å²) in [6.07, 6.45) is -4.36. The van der Waals surface area contributed by atoms with Crippen LogP contribution >= 0.6 is 0 Å². The first-order valence-electron chi connectivity index (χ1n) is 4.94. The van der Waals surface area contributed by atoms with Gasteiger partial charge in [-0.2, -0.15) is 13.2 Å². The van der Waals surface area contributed by atoms with Gasteiger partial charge in [-0.15, -0.1) is 0 Å². The summed E-state index contributed by atoms with van der Waals surface area (Å²) in [5.41, 5.74) is 4.94. The molecule has 1 aromatic heterocycles. The highest BCUT2D eigenvalue weighted by molar-refractivity contribution is 5.30. The van der Waals surface area contributed by atoms with Crippen molar-refractivity contribution in [3.8, 4) is 0 Å². The van der Waals surface area contributed by atoms with E-state index in [1.165, 1.54) is 6.07 Å². The largest absolute Gasteiger partial charge is 0.416 e. The Bertz CT molecular complexity index is 538. The Kier molecular flexibility index (Phi) is 3.09. The van der Waals surface area contributed by atoms with Gasteiger partial charge >= 0.3 is 18.2 Å². The lowest BCUT2D eigenvalue weighted by Crippen LogP contribution is -2.06. The maximum absolute atomic E-state index is 12.5. The number of nitrogens with one attached hydrogen (secondary N) is 1. The van der Waals surface area contributed by atoms with Crippen LogP contribution in [0, 0.1) is 0 Å². The molecular weight excluding hydrogens is 249 g/mol. The van der Waals surface area contributed by atoms with Crippen molar-refractivity contribution in [3.63, 3.8) is 0 Å². The van der Waals surface area contributed by atoms with Crippen molar-refractivity contribution in [2.75, 3.05) is 11.1 Å². The van der Waals surface area contributed by atoms with Gasteiger partial charge in [-0.05, 0) is 17.7 Å². The van der Waals surface area contributed by atoms with Crippen molar-refractivity contribution in [2.24, 2.45) is 0 Å². The van der Waals surface area contributed by atoms with E-state index in [0.29, 0.717) is 5.56 Å². The minimum absolute atomic E-state index is 0.0601. The Hall–Kier alpha value is -2.25. The van der Waals surface area contributed by atoms with Gasteiger partial charge in [0.2, 0.25) is 0 Å². The van der Waals surface area contributed by atoms with Crippen molar-refractivity contribution in [1.82, 2.24) is 10.2 Å². The molecule has 18 heavy (non-hydrogen) atoms. The Balaban J connectivity index is 2.06. The molecule has 0 saturated heterocycles. The molecule has 1 heterocycles. The highest BCUT2D eigenvalue weighted by Crippen LogP contribution is 2.29. The van der Waals surface area contributed by atoms with E-state index in [2.05, 4.69) is 15.5 Å². The predicted molar refractivity (Wildman–Crippen MR) is 57.5 cm³/mol. The number of benzene rings is 1. The number of hydrogen-bond donors (Lipinski definition) is 2. The molecule has 0 atom stereocenters. The molecule has 8 heteroatoms. The van der Waals surface area contributed by atoms with Crippen molar-refractivity contribution >= 4 is 12.0 Å². The summed E-state index contributed by atoms with van der Waals surface area (Å²) in [7, 11) is 0. The fraction of sp³-hybridized carbons (Fsp3) is 0.200. The number of rotatable bonds is 3. The minimum Gasteiger partial charge on any atom is -0.390 e. The maximum Gasteiger partial charge on any atom is 0.416 e. The second kappa shape index (κ2) is 4.55. The Morgan fingerprint density at radius 2 is 2.06 bits per heavy atom. The van der Waals surface area contributed by atoms with Gasteiger partial charge in [-0.1, -0.05) is 22.3 Å². The van der Waals surface area contributed by atoms with Crippen LogP contribution in [0.4, 0.5) is 25.2 Å². The van der Waals surface area contributed by atoms with Gasteiger partial charge in [0.05, 0.1) is 5.56 Å². The summed E-state index contributed by atoms with van der Waals surface area (Å²) in [6, 6.07) is 4.90. The SMILES string of the molecule is Nc1nnc(NCc2cccc(C(F)(F)F)c2)o1. The van der Waals surface area contributed by atoms with Gasteiger partial charge in [0, 0.05) is 6.54 Å². The maximum atomic E-state index is 12.5. The van der Waals surface area contributed by atoms with Crippen molar-refractivity contribution < 1.29 is 17.6 Å². The second-order valence-corrected chi connectivity index (χ2v) is 3.50. The monoisotopic (exact) mass is 258 g/mol. The molecule has 5 nitrogen and oxygen atoms in total. The van der Waals surface area contributed by atoms with Crippen LogP contribution in [0.3, 0.4) is 0 Å². The highest BCUT2D eigenvalue weighted by Gasteiger charge is 2.30. The molecule has 0 radical (unpaired) electrons. The quantitative estimate of drug-likeness (QED) is 0.883. The average Bonchev–Trinajstić information content (AvgIpc) is 2.72. The van der Waals surface area contributed by atoms with Crippen molar-refractivity contribution in [1.29, 1.82) is 0 Å². The van der Waals surface area contributed by atoms with Crippen LogP contribution in [0.15, 0.2) is 28.7 Å². The van der Waals surface area contributed by atoms with Crippen LogP contribution in [0.5, 0.6) is 0 Å². The van der Waals surface area contributed by atoms with Gasteiger partial charge in [-0.25, -0.2) is 0 Å². The zero-order chi connectivity index (χ0) is 13.2. The fourth-order valence-corrected chi connectivity index (χ4v) is 1.34. The van der Waals surface area contributed by atoms with E-state index in [-0.39, 0.29) is 18.6 Å². The second-order valence-electron chi connectivity index (χ2n) is 3.50. The van der Waals surface area contributed by atoms with Gasteiger partial charge in [-0.3, -0.25) is 0 Å². The third-order valence-corrected chi connectivity index (χ3v) is 2.14. The number of alkyl halides is 3. The lowest BCUT2D eigenvalue weighted by atomic mass is 10.1. The van der Waals surface area contributed by atoms with Gasteiger partial charge in [0.1, 0.15) is 0 Å². The van der Waals surface area contributed by atoms with Gasteiger partial charge in [0.25, 0.3) is 0 Å². The molecule has 0 bridgehead atoms. The molecule has 0 fully saturated rings. The Labute approximate surface area is 99.8 Å². The topological polar surface area (TPSA) is 77.0 Å². The van der Waals surface area contributed by atoms with Gasteiger partial charge < -0.3 is 15.5 Å². The summed E-state index contributed by atoms with van der Waals surface area (Å²) in [5.74, 6) is 0. The lowest BCUT2D eigenvalue weighted by Gasteiger charge is -2.08. The molecule has 2 rings (SSSR count). The number of aromatic nitrogens is 2. The predicted octanol–water partition coefficient (Wildman–Crippen LogP) is 2.28. The van der Waals surface area contributed by atoms with Crippen LogP contribution in [0.25, 0.3) is 0 Å². The van der Waals surface area contributed by atoms with Crippen LogP contribution in [0.2, 0.25) is 0 Å². The Morgan fingerprint density at radius 3 is 2.67 bits per heavy atom. The molecule has 96 valence electrons. The number of nitrogens with two attached hydrogens (primary N) is 1. The van der Waals surface area contributed by atoms with E-state index < -0.39 is 11.7 Å². The number of nitrogens with zero attached hydrogens (tertiary/aromatic N) is 2. The molecule has 0 unspecified atom stereocenters. The first kappa shape index (κ1) is 12.2. The smallest absolute Gasteiger partial charge is 0.390 e. The molecule has 0 amide bonds. The number of nitrogen functional groups attached to an aromatic ring is 1. The summed E-state index contributed by atoms with van der Waals surface area (Å²) in [5, 5.41) is 9.60. The molecule has 0 spiro atoms. The van der Waals surface area contributed by atoms with Crippen molar-refractivity contribution in [3.05, 3.63) is 35.4 Å². The summed E-state index contributed by atoms with van der Waals surface area (Å²) in [4.78, 5) is 0. The zero-order valence-electron chi connectivity index (χ0n) is 9.03. The van der Waals surface area contributed by atoms with E-state index in [0.717, 1.165) is 12.1 Å². The molecule has 0 aliphatic rings. The minimum atomic E-state index is -4.36. The van der Waals surface area contributed by atoms with E-state index in [4.69, 9.17) is 10.2 Å². The molecular formula is C10H9F3N4O. The zero-order valence-corrected chi connectivity index (χ0v) is 9.03. The van der Waals surface area contributed by atoms with Crippen LogP contribution in [0.1, 0.15) is 11.1 Å². The highest BCUT2D eigenvalue weighted by atomic mass is 19.4. The summed E-state index contributed by atoms with van der Waals surface area (Å²) < 4.78 is 42.2. The molecule has 2 aromatic rings. The number of halogens is 3. The molecule has 3 N–H and O–H groups in total. The van der Waals surface area contributed by atoms with E-state index in [9.17, 15) is 13.2 Å². The summed E-state index contributed by atoms with van der Waals surface area (Å²) >= 11 is 0. The standard InChI is InChI=1S/C10H9F3N4O/c11-10(12,13)7-3-1-2-6(4-7)5-15-9-17-16-8(14)18-9/h1-4H,5H2,(H2,14,16)(H,15,17).